The second-order valence-corrected chi connectivity index (χ2v) is 6.40. The average molecular weight is 301 g/mol. The Balaban J connectivity index is 2.83. The van der Waals surface area contributed by atoms with E-state index in [9.17, 15) is 8.42 Å². The molecule has 0 aliphatic heterocycles. The summed E-state index contributed by atoms with van der Waals surface area (Å²) in [6, 6.07) is 7.27. The third-order valence-electron chi connectivity index (χ3n) is 2.71. The van der Waals surface area contributed by atoms with Gasteiger partial charge < -0.3 is 15.8 Å². The molecular weight excluding hydrogens is 278 g/mol. The van der Waals surface area contributed by atoms with Gasteiger partial charge in [0.1, 0.15) is 0 Å². The third-order valence-corrected chi connectivity index (χ3v) is 3.30. The van der Waals surface area contributed by atoms with Gasteiger partial charge in [0, 0.05) is 13.2 Å². The summed E-state index contributed by atoms with van der Waals surface area (Å²) in [7, 11) is -1.67. The molecule has 0 aromatic heterocycles. The summed E-state index contributed by atoms with van der Waals surface area (Å²) in [4.78, 5) is 0. The summed E-state index contributed by atoms with van der Waals surface area (Å²) >= 11 is 0. The Morgan fingerprint density at radius 3 is 2.50 bits per heavy atom. The molecule has 1 aromatic carbocycles. The lowest BCUT2D eigenvalue weighted by Gasteiger charge is -2.21. The predicted molar refractivity (Wildman–Crippen MR) is 82.5 cm³/mol. The van der Waals surface area contributed by atoms with Crippen LogP contribution in [0.15, 0.2) is 24.3 Å². The van der Waals surface area contributed by atoms with Crippen molar-refractivity contribution in [2.24, 2.45) is 5.73 Å². The number of sulfonamides is 1. The monoisotopic (exact) mass is 301 g/mol. The first kappa shape index (κ1) is 16.7. The Bertz CT molecular complexity index is 505. The molecule has 1 atom stereocenters. The molecule has 1 aromatic rings. The van der Waals surface area contributed by atoms with Crippen LogP contribution >= 0.6 is 0 Å². The molecule has 1 rings (SSSR count). The lowest BCUT2D eigenvalue weighted by atomic mass is 10.1. The van der Waals surface area contributed by atoms with Crippen LogP contribution in [0, 0.1) is 0 Å². The molecule has 6 nitrogen and oxygen atoms in total. The van der Waals surface area contributed by atoms with Gasteiger partial charge in [-0.2, -0.15) is 0 Å². The van der Waals surface area contributed by atoms with E-state index >= 15 is 0 Å². The van der Waals surface area contributed by atoms with Crippen LogP contribution in [0.4, 0.5) is 11.4 Å². The van der Waals surface area contributed by atoms with E-state index in [0.29, 0.717) is 18.8 Å². The molecule has 7 heteroatoms. The third kappa shape index (κ3) is 6.23. The Kier molecular flexibility index (Phi) is 6.77. The summed E-state index contributed by atoms with van der Waals surface area (Å²) < 4.78 is 30.4. The Hall–Kier alpha value is -1.31. The molecular formula is C13H23N3O3S. The van der Waals surface area contributed by atoms with Gasteiger partial charge in [0.2, 0.25) is 10.0 Å². The molecule has 0 bridgehead atoms. The maximum Gasteiger partial charge on any atom is 0.229 e. The van der Waals surface area contributed by atoms with Crippen LogP contribution in [0.3, 0.4) is 0 Å². The summed E-state index contributed by atoms with van der Waals surface area (Å²) in [5, 5.41) is 3.30. The largest absolute Gasteiger partial charge is 0.383 e. The summed E-state index contributed by atoms with van der Waals surface area (Å²) in [5.74, 6) is 0. The number of hydrogen-bond acceptors (Lipinski definition) is 5. The first-order valence-corrected chi connectivity index (χ1v) is 8.37. The molecule has 1 unspecified atom stereocenters. The highest BCUT2D eigenvalue weighted by atomic mass is 32.2. The van der Waals surface area contributed by atoms with Gasteiger partial charge in [-0.25, -0.2) is 8.42 Å². The zero-order chi connectivity index (χ0) is 15.0. The summed E-state index contributed by atoms with van der Waals surface area (Å²) in [6.07, 6.45) is 2.87. The van der Waals surface area contributed by atoms with Crippen molar-refractivity contribution in [3.8, 4) is 0 Å². The maximum absolute atomic E-state index is 11.4. The quantitative estimate of drug-likeness (QED) is 0.638. The van der Waals surface area contributed by atoms with E-state index in [1.807, 2.05) is 12.1 Å². The molecule has 4 N–H and O–H groups in total. The minimum Gasteiger partial charge on any atom is -0.383 e. The highest BCUT2D eigenvalue weighted by Crippen LogP contribution is 2.23. The van der Waals surface area contributed by atoms with Gasteiger partial charge in [0.25, 0.3) is 0 Å². The number of ether oxygens (including phenoxy) is 1. The van der Waals surface area contributed by atoms with Gasteiger partial charge >= 0.3 is 0 Å². The van der Waals surface area contributed by atoms with Crippen LogP contribution < -0.4 is 15.8 Å². The van der Waals surface area contributed by atoms with Crippen LogP contribution in [0.25, 0.3) is 0 Å². The first-order chi connectivity index (χ1) is 9.46. The van der Waals surface area contributed by atoms with Crippen molar-refractivity contribution in [3.05, 3.63) is 24.3 Å². The van der Waals surface area contributed by atoms with Crippen molar-refractivity contribution < 1.29 is 13.2 Å². The SMILES string of the molecule is COCC(CCCN)Nc1ccccc1NS(C)(=O)=O. The molecule has 0 heterocycles. The zero-order valence-corrected chi connectivity index (χ0v) is 12.7. The van der Waals surface area contributed by atoms with Gasteiger partial charge in [-0.05, 0) is 31.5 Å². The average Bonchev–Trinajstić information content (AvgIpc) is 2.37. The second-order valence-electron chi connectivity index (χ2n) is 4.65. The zero-order valence-electron chi connectivity index (χ0n) is 11.9. The number of benzene rings is 1. The van der Waals surface area contributed by atoms with Crippen molar-refractivity contribution in [2.45, 2.75) is 18.9 Å². The highest BCUT2D eigenvalue weighted by molar-refractivity contribution is 7.92. The molecule has 0 saturated heterocycles. The topological polar surface area (TPSA) is 93.4 Å². The van der Waals surface area contributed by atoms with E-state index in [4.69, 9.17) is 10.5 Å². The van der Waals surface area contributed by atoms with Crippen molar-refractivity contribution >= 4 is 21.4 Å². The van der Waals surface area contributed by atoms with Crippen LogP contribution in [-0.2, 0) is 14.8 Å². The van der Waals surface area contributed by atoms with Gasteiger partial charge in [0.05, 0.1) is 24.2 Å². The van der Waals surface area contributed by atoms with Crippen molar-refractivity contribution in [1.29, 1.82) is 0 Å². The maximum atomic E-state index is 11.4. The van der Waals surface area contributed by atoms with Crippen molar-refractivity contribution in [2.75, 3.05) is 36.6 Å². The van der Waals surface area contributed by atoms with E-state index in [-0.39, 0.29) is 6.04 Å². The minimum atomic E-state index is -3.31. The van der Waals surface area contributed by atoms with Gasteiger partial charge in [-0.15, -0.1) is 0 Å². The smallest absolute Gasteiger partial charge is 0.229 e. The number of rotatable bonds is 9. The fraction of sp³-hybridized carbons (Fsp3) is 0.538. The fourth-order valence-corrected chi connectivity index (χ4v) is 2.46. The van der Waals surface area contributed by atoms with Gasteiger partial charge in [-0.3, -0.25) is 4.72 Å². The van der Waals surface area contributed by atoms with E-state index in [1.165, 1.54) is 0 Å². The molecule has 0 fully saturated rings. The van der Waals surface area contributed by atoms with Gasteiger partial charge in [0.15, 0.2) is 0 Å². The summed E-state index contributed by atoms with van der Waals surface area (Å²) in [6.45, 7) is 1.15. The highest BCUT2D eigenvalue weighted by Gasteiger charge is 2.12. The number of nitrogens with one attached hydrogen (secondary N) is 2. The molecule has 0 aliphatic carbocycles. The lowest BCUT2D eigenvalue weighted by Crippen LogP contribution is -2.26. The Morgan fingerprint density at radius 1 is 1.30 bits per heavy atom. The number of anilines is 2. The van der Waals surface area contributed by atoms with Crippen molar-refractivity contribution in [1.82, 2.24) is 0 Å². The molecule has 0 radical (unpaired) electrons. The van der Waals surface area contributed by atoms with E-state index < -0.39 is 10.0 Å². The Morgan fingerprint density at radius 2 is 1.95 bits per heavy atom. The van der Waals surface area contributed by atoms with E-state index in [0.717, 1.165) is 24.8 Å². The molecule has 114 valence electrons. The standard InChI is InChI=1S/C13H23N3O3S/c1-19-10-11(6-5-9-14)15-12-7-3-4-8-13(12)16-20(2,17)18/h3-4,7-8,11,15-16H,5-6,9-10,14H2,1-2H3. The lowest BCUT2D eigenvalue weighted by molar-refractivity contribution is 0.182. The number of para-hydroxylation sites is 2. The number of methoxy groups -OCH3 is 1. The number of nitrogens with two attached hydrogens (primary N) is 1. The van der Waals surface area contributed by atoms with Crippen LogP contribution in [0.5, 0.6) is 0 Å². The summed E-state index contributed by atoms with van der Waals surface area (Å²) in [5.41, 5.74) is 6.78. The van der Waals surface area contributed by atoms with E-state index in [1.54, 1.807) is 19.2 Å². The van der Waals surface area contributed by atoms with E-state index in [2.05, 4.69) is 10.0 Å². The fourth-order valence-electron chi connectivity index (χ4n) is 1.88. The van der Waals surface area contributed by atoms with Crippen molar-refractivity contribution in [3.63, 3.8) is 0 Å². The second kappa shape index (κ2) is 8.08. The molecule has 0 spiro atoms. The minimum absolute atomic E-state index is 0.0889. The molecule has 0 saturated carbocycles. The first-order valence-electron chi connectivity index (χ1n) is 6.48. The number of hydrogen-bond donors (Lipinski definition) is 3. The molecule has 0 amide bonds. The molecule has 20 heavy (non-hydrogen) atoms. The molecule has 0 aliphatic rings. The Labute approximate surface area is 120 Å². The van der Waals surface area contributed by atoms with Crippen LogP contribution in [-0.4, -0.2) is 41.0 Å². The predicted octanol–water partition coefficient (Wildman–Crippen LogP) is 1.22. The van der Waals surface area contributed by atoms with Crippen LogP contribution in [0.2, 0.25) is 0 Å². The van der Waals surface area contributed by atoms with Gasteiger partial charge in [-0.1, -0.05) is 12.1 Å². The van der Waals surface area contributed by atoms with Crippen LogP contribution in [0.1, 0.15) is 12.8 Å². The normalized spacial score (nSPS) is 12.9.